The van der Waals surface area contributed by atoms with E-state index in [4.69, 9.17) is 4.42 Å². The predicted octanol–water partition coefficient (Wildman–Crippen LogP) is 4.83. The number of hydrogen-bond acceptors (Lipinski definition) is 4. The largest absolute Gasteiger partial charge is 0.423 e. The molecule has 0 saturated carbocycles. The first-order valence-corrected chi connectivity index (χ1v) is 10.4. The zero-order valence-corrected chi connectivity index (χ0v) is 17.2. The van der Waals surface area contributed by atoms with Gasteiger partial charge in [0.05, 0.1) is 5.69 Å². The lowest BCUT2D eigenvalue weighted by atomic mass is 10.0. The molecule has 1 aliphatic heterocycles. The Morgan fingerprint density at radius 1 is 1.11 bits per heavy atom. The molecular formula is C23H23BrN2O2. The first-order valence-electron chi connectivity index (χ1n) is 9.63. The van der Waals surface area contributed by atoms with E-state index in [0.29, 0.717) is 11.6 Å². The third-order valence-corrected chi connectivity index (χ3v) is 5.65. The van der Waals surface area contributed by atoms with Crippen LogP contribution in [0, 0.1) is 0 Å². The smallest absolute Gasteiger partial charge is 0.338 e. The molecule has 0 aliphatic carbocycles. The Labute approximate surface area is 173 Å². The molecule has 0 atom stereocenters. The number of anilines is 1. The van der Waals surface area contributed by atoms with Crippen LogP contribution >= 0.6 is 15.9 Å². The molecule has 0 bridgehead atoms. The van der Waals surface area contributed by atoms with Gasteiger partial charge in [0.25, 0.3) is 0 Å². The molecule has 144 valence electrons. The highest BCUT2D eigenvalue weighted by molar-refractivity contribution is 9.10. The van der Waals surface area contributed by atoms with Crippen LogP contribution in [0.3, 0.4) is 0 Å². The molecule has 0 radical (unpaired) electrons. The highest BCUT2D eigenvalue weighted by Crippen LogP contribution is 2.31. The van der Waals surface area contributed by atoms with E-state index in [2.05, 4.69) is 50.4 Å². The van der Waals surface area contributed by atoms with Gasteiger partial charge in [-0.15, -0.1) is 0 Å². The highest BCUT2D eigenvalue weighted by atomic mass is 79.9. The van der Waals surface area contributed by atoms with Gasteiger partial charge in [-0.25, -0.2) is 4.79 Å². The fourth-order valence-electron chi connectivity index (χ4n) is 3.79. The second kappa shape index (κ2) is 8.76. The molecule has 0 amide bonds. The van der Waals surface area contributed by atoms with Crippen LogP contribution in [0.25, 0.3) is 17.0 Å². The summed E-state index contributed by atoms with van der Waals surface area (Å²) in [5.74, 6) is 0. The van der Waals surface area contributed by atoms with E-state index >= 15 is 0 Å². The van der Waals surface area contributed by atoms with Crippen LogP contribution < -0.4 is 15.8 Å². The van der Waals surface area contributed by atoms with Crippen LogP contribution in [0.15, 0.2) is 74.4 Å². The van der Waals surface area contributed by atoms with Crippen molar-refractivity contribution in [1.29, 1.82) is 0 Å². The SMILES string of the molecule is O=c1cc(N(C/C=C/c2ccccc2)C2CCNCC2)c2cc(Br)ccc2o1. The molecule has 28 heavy (non-hydrogen) atoms. The molecule has 1 N–H and O–H groups in total. The van der Waals surface area contributed by atoms with Gasteiger partial charge in [-0.2, -0.15) is 0 Å². The summed E-state index contributed by atoms with van der Waals surface area (Å²) in [4.78, 5) is 14.6. The lowest BCUT2D eigenvalue weighted by Crippen LogP contribution is -2.43. The minimum absolute atomic E-state index is 0.309. The Morgan fingerprint density at radius 3 is 2.68 bits per heavy atom. The summed E-state index contributed by atoms with van der Waals surface area (Å²) in [6.45, 7) is 2.73. The van der Waals surface area contributed by atoms with Crippen LogP contribution in [0.5, 0.6) is 0 Å². The normalized spacial score (nSPS) is 15.3. The van der Waals surface area contributed by atoms with Crippen molar-refractivity contribution in [3.05, 3.63) is 81.1 Å². The van der Waals surface area contributed by atoms with Crippen LogP contribution in [0.4, 0.5) is 5.69 Å². The predicted molar refractivity (Wildman–Crippen MR) is 119 cm³/mol. The highest BCUT2D eigenvalue weighted by Gasteiger charge is 2.23. The minimum Gasteiger partial charge on any atom is -0.423 e. The lowest BCUT2D eigenvalue weighted by molar-refractivity contribution is 0.437. The number of benzene rings is 2. The summed E-state index contributed by atoms with van der Waals surface area (Å²) < 4.78 is 6.41. The topological polar surface area (TPSA) is 45.5 Å². The second-order valence-corrected chi connectivity index (χ2v) is 7.95. The van der Waals surface area contributed by atoms with E-state index in [1.165, 1.54) is 5.56 Å². The summed E-state index contributed by atoms with van der Waals surface area (Å²) in [6, 6.07) is 18.1. The van der Waals surface area contributed by atoms with E-state index in [0.717, 1.165) is 48.0 Å². The lowest BCUT2D eigenvalue weighted by Gasteiger charge is -2.36. The van der Waals surface area contributed by atoms with Crippen molar-refractivity contribution in [1.82, 2.24) is 5.32 Å². The van der Waals surface area contributed by atoms with Crippen molar-refractivity contribution < 1.29 is 4.42 Å². The summed E-state index contributed by atoms with van der Waals surface area (Å²) >= 11 is 3.55. The Hall–Kier alpha value is -2.37. The Morgan fingerprint density at radius 2 is 1.89 bits per heavy atom. The summed E-state index contributed by atoms with van der Waals surface area (Å²) in [6.07, 6.45) is 6.41. The zero-order chi connectivity index (χ0) is 19.3. The van der Waals surface area contributed by atoms with E-state index in [9.17, 15) is 4.79 Å². The maximum Gasteiger partial charge on any atom is 0.338 e. The van der Waals surface area contributed by atoms with Gasteiger partial charge in [-0.3, -0.25) is 0 Å². The van der Waals surface area contributed by atoms with Crippen molar-refractivity contribution >= 4 is 38.7 Å². The van der Waals surface area contributed by atoms with Crippen molar-refractivity contribution in [2.24, 2.45) is 0 Å². The Balaban J connectivity index is 1.73. The van der Waals surface area contributed by atoms with Crippen molar-refractivity contribution in [2.75, 3.05) is 24.5 Å². The van der Waals surface area contributed by atoms with Crippen molar-refractivity contribution in [3.8, 4) is 0 Å². The molecule has 2 heterocycles. The van der Waals surface area contributed by atoms with Gasteiger partial charge in [-0.1, -0.05) is 58.4 Å². The molecule has 0 unspecified atom stereocenters. The fraction of sp³-hybridized carbons (Fsp3) is 0.261. The summed E-state index contributed by atoms with van der Waals surface area (Å²) in [5, 5.41) is 4.39. The monoisotopic (exact) mass is 438 g/mol. The average Bonchev–Trinajstić information content (AvgIpc) is 2.72. The second-order valence-electron chi connectivity index (χ2n) is 7.04. The maximum absolute atomic E-state index is 12.2. The molecular weight excluding hydrogens is 416 g/mol. The van der Waals surface area contributed by atoms with Crippen molar-refractivity contribution in [2.45, 2.75) is 18.9 Å². The Bertz CT molecular complexity index is 1020. The van der Waals surface area contributed by atoms with Crippen molar-refractivity contribution in [3.63, 3.8) is 0 Å². The first-order chi connectivity index (χ1) is 13.7. The molecule has 1 aliphatic rings. The molecule has 0 spiro atoms. The van der Waals surface area contributed by atoms with Crippen LogP contribution in [0.1, 0.15) is 18.4 Å². The maximum atomic E-state index is 12.2. The van der Waals surface area contributed by atoms with Gasteiger partial charge in [-0.05, 0) is 49.7 Å². The quantitative estimate of drug-likeness (QED) is 0.579. The molecule has 5 heteroatoms. The van der Waals surface area contributed by atoms with Gasteiger partial charge >= 0.3 is 5.63 Å². The molecule has 4 rings (SSSR count). The minimum atomic E-state index is -0.309. The van der Waals surface area contributed by atoms with Crippen LogP contribution in [-0.4, -0.2) is 25.7 Å². The fourth-order valence-corrected chi connectivity index (χ4v) is 4.15. The number of halogens is 1. The molecule has 1 saturated heterocycles. The molecule has 4 nitrogen and oxygen atoms in total. The van der Waals surface area contributed by atoms with E-state index in [1.807, 2.05) is 36.4 Å². The third-order valence-electron chi connectivity index (χ3n) is 5.15. The number of fused-ring (bicyclic) bond motifs is 1. The van der Waals surface area contributed by atoms with E-state index < -0.39 is 0 Å². The standard InChI is InChI=1S/C23H23BrN2O2/c24-18-8-9-22-20(15-18)21(16-23(27)28-22)26(19-10-12-25-13-11-19)14-4-7-17-5-2-1-3-6-17/h1-9,15-16,19,25H,10-14H2/b7-4+. The Kier molecular flexibility index (Phi) is 5.93. The number of nitrogens with zero attached hydrogens (tertiary/aromatic N) is 1. The summed E-state index contributed by atoms with van der Waals surface area (Å²) in [5.41, 5.74) is 2.43. The molecule has 2 aromatic carbocycles. The third kappa shape index (κ3) is 4.37. The van der Waals surface area contributed by atoms with Gasteiger partial charge in [0.15, 0.2) is 0 Å². The number of nitrogens with one attached hydrogen (secondary N) is 1. The van der Waals surface area contributed by atoms with Crippen LogP contribution in [-0.2, 0) is 0 Å². The van der Waals surface area contributed by atoms with Crippen LogP contribution in [0.2, 0.25) is 0 Å². The van der Waals surface area contributed by atoms with Gasteiger partial charge < -0.3 is 14.6 Å². The van der Waals surface area contributed by atoms with Gasteiger partial charge in [0.2, 0.25) is 0 Å². The first kappa shape index (κ1) is 19.0. The number of piperidine rings is 1. The van der Waals surface area contributed by atoms with E-state index in [-0.39, 0.29) is 5.63 Å². The summed E-state index contributed by atoms with van der Waals surface area (Å²) in [7, 11) is 0. The van der Waals surface area contributed by atoms with Gasteiger partial charge in [0.1, 0.15) is 5.58 Å². The number of hydrogen-bond donors (Lipinski definition) is 1. The zero-order valence-electron chi connectivity index (χ0n) is 15.6. The van der Waals surface area contributed by atoms with E-state index in [1.54, 1.807) is 6.07 Å². The van der Waals surface area contributed by atoms with Gasteiger partial charge in [0, 0.05) is 28.5 Å². The molecule has 1 fully saturated rings. The number of rotatable bonds is 5. The average molecular weight is 439 g/mol. The molecule has 3 aromatic rings. The molecule has 1 aromatic heterocycles.